The summed E-state index contributed by atoms with van der Waals surface area (Å²) in [5.74, 6) is 0. The normalized spacial score (nSPS) is 36.8. The minimum atomic E-state index is 0.0103. The monoisotopic (exact) mass is 212 g/mol. The molecule has 2 unspecified atom stereocenters. The highest BCUT2D eigenvalue weighted by Gasteiger charge is 2.46. The molecular formula is C12H24N2O. The largest absolute Gasteiger partial charge is 0.394 e. The second-order valence-electron chi connectivity index (χ2n) is 5.04. The second-order valence-corrected chi connectivity index (χ2v) is 5.04. The van der Waals surface area contributed by atoms with Crippen molar-refractivity contribution in [3.8, 4) is 0 Å². The van der Waals surface area contributed by atoms with Crippen molar-refractivity contribution in [3.05, 3.63) is 0 Å². The number of hydrogen-bond donors (Lipinski definition) is 2. The van der Waals surface area contributed by atoms with E-state index in [4.69, 9.17) is 0 Å². The molecular weight excluding hydrogens is 188 g/mol. The Morgan fingerprint density at radius 1 is 1.40 bits per heavy atom. The average molecular weight is 212 g/mol. The van der Waals surface area contributed by atoms with Gasteiger partial charge in [0.2, 0.25) is 0 Å². The molecule has 2 heterocycles. The van der Waals surface area contributed by atoms with Crippen LogP contribution in [0, 0.1) is 0 Å². The number of nitrogens with one attached hydrogen (secondary N) is 1. The molecule has 0 radical (unpaired) electrons. The number of aliphatic hydroxyl groups is 1. The van der Waals surface area contributed by atoms with E-state index in [1.165, 1.54) is 32.4 Å². The van der Waals surface area contributed by atoms with Crippen molar-refractivity contribution >= 4 is 0 Å². The molecule has 2 fully saturated rings. The SMILES string of the molecule is CCCNC1(CO)CCN2CCCCC21. The number of fused-ring (bicyclic) bond motifs is 1. The van der Waals surface area contributed by atoms with E-state index in [0.717, 1.165) is 19.4 Å². The molecule has 0 aromatic rings. The van der Waals surface area contributed by atoms with E-state index in [9.17, 15) is 5.11 Å². The van der Waals surface area contributed by atoms with E-state index < -0.39 is 0 Å². The smallest absolute Gasteiger partial charge is 0.0629 e. The van der Waals surface area contributed by atoms with E-state index in [2.05, 4.69) is 17.1 Å². The van der Waals surface area contributed by atoms with Crippen LogP contribution in [0.4, 0.5) is 0 Å². The third-order valence-corrected chi connectivity index (χ3v) is 4.11. The summed E-state index contributed by atoms with van der Waals surface area (Å²) in [5, 5.41) is 13.3. The molecule has 0 saturated carbocycles. The van der Waals surface area contributed by atoms with Gasteiger partial charge in [-0.15, -0.1) is 0 Å². The third-order valence-electron chi connectivity index (χ3n) is 4.11. The highest BCUT2D eigenvalue weighted by Crippen LogP contribution is 2.34. The van der Waals surface area contributed by atoms with Gasteiger partial charge in [-0.2, -0.15) is 0 Å². The number of nitrogens with zero attached hydrogens (tertiary/aromatic N) is 1. The summed E-state index contributed by atoms with van der Waals surface area (Å²) >= 11 is 0. The van der Waals surface area contributed by atoms with Crippen molar-refractivity contribution in [1.82, 2.24) is 10.2 Å². The Hall–Kier alpha value is -0.120. The minimum absolute atomic E-state index is 0.0103. The van der Waals surface area contributed by atoms with E-state index in [0.29, 0.717) is 12.6 Å². The van der Waals surface area contributed by atoms with Crippen LogP contribution in [-0.4, -0.2) is 47.8 Å². The summed E-state index contributed by atoms with van der Waals surface area (Å²) < 4.78 is 0. The Morgan fingerprint density at radius 3 is 3.00 bits per heavy atom. The summed E-state index contributed by atoms with van der Waals surface area (Å²) in [5.41, 5.74) is 0.0103. The van der Waals surface area contributed by atoms with Crippen molar-refractivity contribution in [2.24, 2.45) is 0 Å². The first-order valence-corrected chi connectivity index (χ1v) is 6.42. The van der Waals surface area contributed by atoms with Gasteiger partial charge in [-0.25, -0.2) is 0 Å². The van der Waals surface area contributed by atoms with Crippen LogP contribution in [0.25, 0.3) is 0 Å². The molecule has 0 amide bonds. The summed E-state index contributed by atoms with van der Waals surface area (Å²) in [7, 11) is 0. The lowest BCUT2D eigenvalue weighted by Crippen LogP contribution is -2.58. The maximum absolute atomic E-state index is 9.69. The van der Waals surface area contributed by atoms with Crippen molar-refractivity contribution in [2.45, 2.75) is 50.6 Å². The molecule has 2 aliphatic heterocycles. The zero-order chi connectivity index (χ0) is 10.7. The Morgan fingerprint density at radius 2 is 2.27 bits per heavy atom. The van der Waals surface area contributed by atoms with E-state index in [1.54, 1.807) is 0 Å². The first kappa shape index (κ1) is 11.4. The van der Waals surface area contributed by atoms with Gasteiger partial charge in [-0.3, -0.25) is 4.90 Å². The summed E-state index contributed by atoms with van der Waals surface area (Å²) in [6, 6.07) is 0.586. The Kier molecular flexibility index (Phi) is 3.65. The van der Waals surface area contributed by atoms with Gasteiger partial charge in [0.1, 0.15) is 0 Å². The van der Waals surface area contributed by atoms with E-state index in [1.807, 2.05) is 0 Å². The van der Waals surface area contributed by atoms with Crippen molar-refractivity contribution in [3.63, 3.8) is 0 Å². The van der Waals surface area contributed by atoms with E-state index >= 15 is 0 Å². The zero-order valence-electron chi connectivity index (χ0n) is 9.84. The molecule has 0 aliphatic carbocycles. The van der Waals surface area contributed by atoms with Gasteiger partial charge in [-0.1, -0.05) is 13.3 Å². The topological polar surface area (TPSA) is 35.5 Å². The van der Waals surface area contributed by atoms with Gasteiger partial charge in [-0.05, 0) is 38.8 Å². The van der Waals surface area contributed by atoms with Gasteiger partial charge in [0.05, 0.1) is 12.1 Å². The first-order valence-electron chi connectivity index (χ1n) is 6.42. The molecule has 2 N–H and O–H groups in total. The Balaban J connectivity index is 2.04. The molecule has 2 saturated heterocycles. The second kappa shape index (κ2) is 4.81. The lowest BCUT2D eigenvalue weighted by atomic mass is 9.86. The van der Waals surface area contributed by atoms with Crippen molar-refractivity contribution < 1.29 is 5.11 Å². The summed E-state index contributed by atoms with van der Waals surface area (Å²) in [6.45, 7) is 5.92. The summed E-state index contributed by atoms with van der Waals surface area (Å²) in [6.07, 6.45) is 6.20. The first-order chi connectivity index (χ1) is 7.32. The molecule has 88 valence electrons. The lowest BCUT2D eigenvalue weighted by Gasteiger charge is -2.40. The van der Waals surface area contributed by atoms with Crippen molar-refractivity contribution in [2.75, 3.05) is 26.2 Å². The molecule has 2 aliphatic rings. The van der Waals surface area contributed by atoms with Crippen molar-refractivity contribution in [1.29, 1.82) is 0 Å². The number of rotatable bonds is 4. The molecule has 0 spiro atoms. The van der Waals surface area contributed by atoms with Gasteiger partial charge in [0, 0.05) is 12.6 Å². The molecule has 3 nitrogen and oxygen atoms in total. The van der Waals surface area contributed by atoms with Gasteiger partial charge < -0.3 is 10.4 Å². The molecule has 0 aromatic heterocycles. The van der Waals surface area contributed by atoms with Crippen LogP contribution >= 0.6 is 0 Å². The lowest BCUT2D eigenvalue weighted by molar-refractivity contribution is 0.0877. The van der Waals surface area contributed by atoms with Crippen LogP contribution in [-0.2, 0) is 0 Å². The summed E-state index contributed by atoms with van der Waals surface area (Å²) in [4.78, 5) is 2.57. The predicted molar refractivity (Wildman–Crippen MR) is 61.9 cm³/mol. The van der Waals surface area contributed by atoms with Crippen LogP contribution in [0.15, 0.2) is 0 Å². The molecule has 15 heavy (non-hydrogen) atoms. The Bertz CT molecular complexity index is 210. The molecule has 2 rings (SSSR count). The fraction of sp³-hybridized carbons (Fsp3) is 1.00. The zero-order valence-corrected chi connectivity index (χ0v) is 9.84. The van der Waals surface area contributed by atoms with Crippen LogP contribution in [0.1, 0.15) is 39.0 Å². The average Bonchev–Trinajstić information content (AvgIpc) is 2.66. The quantitative estimate of drug-likeness (QED) is 0.729. The molecule has 0 bridgehead atoms. The van der Waals surface area contributed by atoms with Crippen LogP contribution in [0.3, 0.4) is 0 Å². The highest BCUT2D eigenvalue weighted by atomic mass is 16.3. The Labute approximate surface area is 92.8 Å². The van der Waals surface area contributed by atoms with E-state index in [-0.39, 0.29) is 5.54 Å². The van der Waals surface area contributed by atoms with Gasteiger partial charge in [0.25, 0.3) is 0 Å². The third kappa shape index (κ3) is 2.05. The maximum Gasteiger partial charge on any atom is 0.0629 e. The minimum Gasteiger partial charge on any atom is -0.394 e. The van der Waals surface area contributed by atoms with Crippen LogP contribution in [0.5, 0.6) is 0 Å². The molecule has 3 heteroatoms. The highest BCUT2D eigenvalue weighted by molar-refractivity contribution is 5.06. The number of piperidine rings is 1. The number of aliphatic hydroxyl groups excluding tert-OH is 1. The molecule has 0 aromatic carbocycles. The maximum atomic E-state index is 9.69. The molecule has 2 atom stereocenters. The van der Waals surface area contributed by atoms with Gasteiger partial charge >= 0.3 is 0 Å². The fourth-order valence-electron chi connectivity index (χ4n) is 3.21. The van der Waals surface area contributed by atoms with Crippen LogP contribution in [0.2, 0.25) is 0 Å². The predicted octanol–water partition coefficient (Wildman–Crippen LogP) is 0.975. The van der Waals surface area contributed by atoms with Crippen LogP contribution < -0.4 is 5.32 Å². The standard InChI is InChI=1S/C12H24N2O/c1-2-7-13-12(10-15)6-9-14-8-4-3-5-11(12)14/h11,13,15H,2-10H2,1H3. The van der Waals surface area contributed by atoms with Gasteiger partial charge in [0.15, 0.2) is 0 Å². The fourth-order valence-corrected chi connectivity index (χ4v) is 3.21. The number of hydrogen-bond acceptors (Lipinski definition) is 3.